The van der Waals surface area contributed by atoms with E-state index < -0.39 is 0 Å². The lowest BCUT2D eigenvalue weighted by Gasteiger charge is -2.37. The van der Waals surface area contributed by atoms with Crippen molar-refractivity contribution in [3.8, 4) is 0 Å². The number of hydrogen-bond acceptors (Lipinski definition) is 1. The second-order valence-electron chi connectivity index (χ2n) is 5.31. The molecule has 2 heteroatoms. The zero-order valence-electron chi connectivity index (χ0n) is 10.3. The minimum Gasteiger partial charge on any atom is -0.370 e. The topological polar surface area (TPSA) is 3.24 Å². The third-order valence-corrected chi connectivity index (χ3v) is 3.62. The Bertz CT molecular complexity index is 365. The molecule has 2 unspecified atom stereocenters. The first-order valence-electron chi connectivity index (χ1n) is 6.07. The highest BCUT2D eigenvalue weighted by atomic mass is 35.5. The van der Waals surface area contributed by atoms with Gasteiger partial charge in [0.25, 0.3) is 0 Å². The quantitative estimate of drug-likeness (QED) is 0.710. The van der Waals surface area contributed by atoms with E-state index >= 15 is 0 Å². The van der Waals surface area contributed by atoms with Gasteiger partial charge < -0.3 is 4.90 Å². The Kier molecular flexibility index (Phi) is 3.44. The van der Waals surface area contributed by atoms with Gasteiger partial charge in [0.2, 0.25) is 0 Å². The van der Waals surface area contributed by atoms with Crippen molar-refractivity contribution in [3.05, 3.63) is 28.8 Å². The first-order valence-corrected chi connectivity index (χ1v) is 6.45. The average Bonchev–Trinajstić information content (AvgIpc) is 2.15. The van der Waals surface area contributed by atoms with Crippen molar-refractivity contribution in [2.45, 2.75) is 27.2 Å². The Morgan fingerprint density at radius 3 is 2.38 bits per heavy atom. The number of halogens is 1. The lowest BCUT2D eigenvalue weighted by Crippen LogP contribution is -2.38. The maximum absolute atomic E-state index is 6.32. The fourth-order valence-electron chi connectivity index (χ4n) is 2.73. The van der Waals surface area contributed by atoms with Crippen LogP contribution >= 0.6 is 11.6 Å². The maximum Gasteiger partial charge on any atom is 0.0642 e. The number of benzene rings is 1. The van der Waals surface area contributed by atoms with Crippen LogP contribution < -0.4 is 4.90 Å². The van der Waals surface area contributed by atoms with E-state index in [4.69, 9.17) is 11.6 Å². The van der Waals surface area contributed by atoms with E-state index in [0.29, 0.717) is 0 Å². The second-order valence-corrected chi connectivity index (χ2v) is 5.71. The van der Waals surface area contributed by atoms with Crippen LogP contribution in [0.5, 0.6) is 0 Å². The van der Waals surface area contributed by atoms with E-state index in [9.17, 15) is 0 Å². The van der Waals surface area contributed by atoms with Crippen LogP contribution in [0.4, 0.5) is 5.69 Å². The van der Waals surface area contributed by atoms with Gasteiger partial charge in [0, 0.05) is 13.1 Å². The number of rotatable bonds is 1. The van der Waals surface area contributed by atoms with Crippen molar-refractivity contribution in [1.82, 2.24) is 0 Å². The molecule has 2 atom stereocenters. The summed E-state index contributed by atoms with van der Waals surface area (Å²) in [6.07, 6.45) is 1.33. The number of hydrogen-bond donors (Lipinski definition) is 0. The molecule has 1 aliphatic rings. The van der Waals surface area contributed by atoms with Crippen molar-refractivity contribution in [2.24, 2.45) is 11.8 Å². The highest BCUT2D eigenvalue weighted by molar-refractivity contribution is 6.33. The molecular formula is C14H20ClN. The zero-order valence-corrected chi connectivity index (χ0v) is 11.1. The molecule has 0 saturated carbocycles. The molecule has 0 radical (unpaired) electrons. The van der Waals surface area contributed by atoms with Gasteiger partial charge in [0.15, 0.2) is 0 Å². The van der Waals surface area contributed by atoms with Gasteiger partial charge in [0.05, 0.1) is 10.7 Å². The molecule has 1 fully saturated rings. The molecule has 0 aliphatic carbocycles. The minimum absolute atomic E-state index is 0.765. The summed E-state index contributed by atoms with van der Waals surface area (Å²) in [4.78, 5) is 2.43. The Hall–Kier alpha value is -0.690. The van der Waals surface area contributed by atoms with Crippen molar-refractivity contribution in [1.29, 1.82) is 0 Å². The first kappa shape index (κ1) is 11.8. The third-order valence-electron chi connectivity index (χ3n) is 3.31. The van der Waals surface area contributed by atoms with Crippen molar-refractivity contribution in [3.63, 3.8) is 0 Å². The van der Waals surface area contributed by atoms with Crippen molar-refractivity contribution < 1.29 is 0 Å². The van der Waals surface area contributed by atoms with Crippen molar-refractivity contribution in [2.75, 3.05) is 18.0 Å². The largest absolute Gasteiger partial charge is 0.370 e. The van der Waals surface area contributed by atoms with Crippen LogP contribution in [0, 0.1) is 18.8 Å². The summed E-state index contributed by atoms with van der Waals surface area (Å²) in [7, 11) is 0. The molecule has 0 spiro atoms. The van der Waals surface area contributed by atoms with E-state index in [2.05, 4.69) is 43.9 Å². The molecule has 1 saturated heterocycles. The minimum atomic E-state index is 0.765. The molecule has 0 aromatic heterocycles. The molecule has 0 bridgehead atoms. The third kappa shape index (κ3) is 2.52. The highest BCUT2D eigenvalue weighted by Crippen LogP contribution is 2.31. The summed E-state index contributed by atoms with van der Waals surface area (Å²) >= 11 is 6.32. The van der Waals surface area contributed by atoms with Crippen LogP contribution in [0.2, 0.25) is 5.02 Å². The Morgan fingerprint density at radius 2 is 1.81 bits per heavy atom. The summed E-state index contributed by atoms with van der Waals surface area (Å²) in [6, 6.07) is 6.36. The van der Waals surface area contributed by atoms with Gasteiger partial charge in [-0.05, 0) is 42.9 Å². The molecular weight excluding hydrogens is 218 g/mol. The normalized spacial score (nSPS) is 25.9. The van der Waals surface area contributed by atoms with Gasteiger partial charge >= 0.3 is 0 Å². The first-order chi connectivity index (χ1) is 7.56. The van der Waals surface area contributed by atoms with Gasteiger partial charge in [-0.15, -0.1) is 0 Å². The average molecular weight is 238 g/mol. The standard InChI is InChI=1S/C14H20ClN/c1-10-4-5-14(13(15)7-10)16-8-11(2)6-12(3)9-16/h4-5,7,11-12H,6,8-9H2,1-3H3. The van der Waals surface area contributed by atoms with Gasteiger partial charge in [-0.25, -0.2) is 0 Å². The SMILES string of the molecule is Cc1ccc(N2CC(C)CC(C)C2)c(Cl)c1. The molecule has 1 nitrogen and oxygen atoms in total. The fraction of sp³-hybridized carbons (Fsp3) is 0.571. The van der Waals surface area contributed by atoms with Gasteiger partial charge in [-0.3, -0.25) is 0 Å². The van der Waals surface area contributed by atoms with Crippen LogP contribution in [-0.4, -0.2) is 13.1 Å². The molecule has 1 aromatic rings. The van der Waals surface area contributed by atoms with Crippen LogP contribution in [-0.2, 0) is 0 Å². The lowest BCUT2D eigenvalue weighted by molar-refractivity contribution is 0.357. The van der Waals surface area contributed by atoms with E-state index in [1.54, 1.807) is 0 Å². The van der Waals surface area contributed by atoms with Crippen LogP contribution in [0.15, 0.2) is 18.2 Å². The van der Waals surface area contributed by atoms with E-state index in [-0.39, 0.29) is 0 Å². The summed E-state index contributed by atoms with van der Waals surface area (Å²) in [5.74, 6) is 1.53. The zero-order chi connectivity index (χ0) is 11.7. The fourth-order valence-corrected chi connectivity index (χ4v) is 3.08. The Morgan fingerprint density at radius 1 is 1.19 bits per heavy atom. The summed E-state index contributed by atoms with van der Waals surface area (Å²) in [5, 5.41) is 0.890. The van der Waals surface area contributed by atoms with Gasteiger partial charge in [0.1, 0.15) is 0 Å². The van der Waals surface area contributed by atoms with Crippen LogP contribution in [0.25, 0.3) is 0 Å². The molecule has 1 aliphatic heterocycles. The Balaban J connectivity index is 2.23. The molecule has 0 N–H and O–H groups in total. The lowest BCUT2D eigenvalue weighted by atomic mass is 9.91. The maximum atomic E-state index is 6.32. The summed E-state index contributed by atoms with van der Waals surface area (Å²) in [6.45, 7) is 8.99. The molecule has 1 heterocycles. The molecule has 1 aromatic carbocycles. The number of aryl methyl sites for hydroxylation is 1. The molecule has 88 valence electrons. The molecule has 0 amide bonds. The summed E-state index contributed by atoms with van der Waals surface area (Å²) < 4.78 is 0. The van der Waals surface area contributed by atoms with E-state index in [1.807, 2.05) is 0 Å². The molecule has 2 rings (SSSR count). The number of anilines is 1. The van der Waals surface area contributed by atoms with E-state index in [1.165, 1.54) is 17.7 Å². The van der Waals surface area contributed by atoms with Crippen LogP contribution in [0.3, 0.4) is 0 Å². The highest BCUT2D eigenvalue weighted by Gasteiger charge is 2.23. The number of nitrogens with zero attached hydrogens (tertiary/aromatic N) is 1. The van der Waals surface area contributed by atoms with Gasteiger partial charge in [-0.1, -0.05) is 31.5 Å². The smallest absolute Gasteiger partial charge is 0.0642 e. The Labute approximate surface area is 103 Å². The van der Waals surface area contributed by atoms with Gasteiger partial charge in [-0.2, -0.15) is 0 Å². The monoisotopic (exact) mass is 237 g/mol. The predicted octanol–water partition coefficient (Wildman–Crippen LogP) is 4.13. The van der Waals surface area contributed by atoms with Crippen LogP contribution in [0.1, 0.15) is 25.8 Å². The molecule has 16 heavy (non-hydrogen) atoms. The summed E-state index contributed by atoms with van der Waals surface area (Å²) in [5.41, 5.74) is 2.43. The number of piperidine rings is 1. The second kappa shape index (κ2) is 4.67. The van der Waals surface area contributed by atoms with Crippen molar-refractivity contribution >= 4 is 17.3 Å². The van der Waals surface area contributed by atoms with E-state index in [0.717, 1.165) is 29.9 Å². The predicted molar refractivity (Wildman–Crippen MR) is 71.3 cm³/mol.